The van der Waals surface area contributed by atoms with Crippen molar-refractivity contribution in [1.29, 1.82) is 0 Å². The molecule has 20 heavy (non-hydrogen) atoms. The summed E-state index contributed by atoms with van der Waals surface area (Å²) in [5, 5.41) is 0. The molecule has 1 aromatic carbocycles. The summed E-state index contributed by atoms with van der Waals surface area (Å²) < 4.78 is 6.33. The monoisotopic (exact) mass is 274 g/mol. The second kappa shape index (κ2) is 5.21. The van der Waals surface area contributed by atoms with Gasteiger partial charge < -0.3 is 9.22 Å². The minimum atomic E-state index is 0.0254. The topological polar surface area (TPSA) is 26.3 Å². The Morgan fingerprint density at radius 1 is 1.35 bits per heavy atom. The molecule has 0 spiro atoms. The number of piperidine rings is 1. The first-order valence-electron chi connectivity index (χ1n) is 7.73. The van der Waals surface area contributed by atoms with E-state index in [0.717, 1.165) is 17.6 Å². The highest BCUT2D eigenvalue weighted by molar-refractivity contribution is 5.73. The molecule has 3 rings (SSSR count). The van der Waals surface area contributed by atoms with Gasteiger partial charge in [0, 0.05) is 17.9 Å². The first-order valence-corrected chi connectivity index (χ1v) is 7.73. The number of fused-ring (bicyclic) bond motifs is 2. The van der Waals surface area contributed by atoms with Crippen LogP contribution in [0.2, 0.25) is 0 Å². The zero-order valence-corrected chi connectivity index (χ0v) is 12.4. The number of carbonyl (C=O) groups excluding carboxylic acids is 1. The van der Waals surface area contributed by atoms with Gasteiger partial charge in [-0.25, -0.2) is 0 Å². The minimum absolute atomic E-state index is 0.0254. The Hall–Kier alpha value is -1.35. The number of hydrogen-bond acceptors (Lipinski definition) is 2. The van der Waals surface area contributed by atoms with Gasteiger partial charge in [-0.15, -0.1) is 0 Å². The summed E-state index contributed by atoms with van der Waals surface area (Å²) in [4.78, 5) is 12.1. The molecule has 0 aromatic heterocycles. The molecule has 0 aliphatic carbocycles. The van der Waals surface area contributed by atoms with Gasteiger partial charge in [0.1, 0.15) is 12.0 Å². The van der Waals surface area contributed by atoms with Gasteiger partial charge in [0.05, 0.1) is 26.2 Å². The third kappa shape index (κ3) is 2.14. The highest BCUT2D eigenvalue weighted by Crippen LogP contribution is 2.46. The fourth-order valence-corrected chi connectivity index (χ4v) is 4.18. The van der Waals surface area contributed by atoms with Gasteiger partial charge in [-0.1, -0.05) is 30.3 Å². The molecule has 2 aliphatic rings. The van der Waals surface area contributed by atoms with Gasteiger partial charge in [-0.3, -0.25) is 4.79 Å². The van der Waals surface area contributed by atoms with Gasteiger partial charge in [-0.2, -0.15) is 0 Å². The summed E-state index contributed by atoms with van der Waals surface area (Å²) in [5.41, 5.74) is 1.39. The Balaban J connectivity index is 1.79. The molecule has 2 bridgehead atoms. The van der Waals surface area contributed by atoms with Gasteiger partial charge >= 0.3 is 5.97 Å². The first kappa shape index (κ1) is 13.6. The molecule has 4 atom stereocenters. The van der Waals surface area contributed by atoms with E-state index in [-0.39, 0.29) is 11.9 Å². The third-order valence-electron chi connectivity index (χ3n) is 5.37. The standard InChI is InChI=1S/C17H24NO2/c1-3-20-17(19)16-12-18(10-9-15(16)11-18)13(2)14-7-5-4-6-8-14/h4-8,13,15-16H,3,9-12H2,1-2H3/q+1/t13-,15+,16-,18?/m0/s1. The number of hydrogen-bond donors (Lipinski definition) is 0. The molecular formula is C17H24NO2+. The number of quaternary nitrogens is 1. The van der Waals surface area contributed by atoms with Crippen LogP contribution >= 0.6 is 0 Å². The summed E-state index contributed by atoms with van der Waals surface area (Å²) in [6.45, 7) is 8.00. The quantitative estimate of drug-likeness (QED) is 0.623. The van der Waals surface area contributed by atoms with Crippen LogP contribution in [-0.4, -0.2) is 36.7 Å². The molecule has 0 amide bonds. The molecule has 3 heteroatoms. The van der Waals surface area contributed by atoms with Crippen molar-refractivity contribution >= 4 is 5.97 Å². The van der Waals surface area contributed by atoms with Crippen molar-refractivity contribution in [3.05, 3.63) is 35.9 Å². The van der Waals surface area contributed by atoms with E-state index in [9.17, 15) is 4.79 Å². The van der Waals surface area contributed by atoms with E-state index in [1.165, 1.54) is 18.5 Å². The van der Waals surface area contributed by atoms with Crippen LogP contribution < -0.4 is 0 Å². The molecule has 2 heterocycles. The van der Waals surface area contributed by atoms with Gasteiger partial charge in [0.15, 0.2) is 0 Å². The highest BCUT2D eigenvalue weighted by Gasteiger charge is 2.56. The van der Waals surface area contributed by atoms with Crippen molar-refractivity contribution in [2.45, 2.75) is 26.3 Å². The van der Waals surface area contributed by atoms with Crippen LogP contribution in [0.1, 0.15) is 31.9 Å². The largest absolute Gasteiger partial charge is 0.466 e. The zero-order valence-electron chi connectivity index (χ0n) is 12.4. The molecule has 2 aliphatic heterocycles. The van der Waals surface area contributed by atoms with Gasteiger partial charge in [-0.05, 0) is 13.8 Å². The molecule has 3 nitrogen and oxygen atoms in total. The van der Waals surface area contributed by atoms with E-state index in [1.54, 1.807) is 0 Å². The molecule has 0 saturated carbocycles. The van der Waals surface area contributed by atoms with Crippen LogP contribution in [0.25, 0.3) is 0 Å². The van der Waals surface area contributed by atoms with Crippen LogP contribution in [0.3, 0.4) is 0 Å². The summed E-state index contributed by atoms with van der Waals surface area (Å²) in [6, 6.07) is 11.2. The van der Waals surface area contributed by atoms with Crippen molar-refractivity contribution in [2.75, 3.05) is 26.2 Å². The van der Waals surface area contributed by atoms with Gasteiger partial charge in [0.2, 0.25) is 0 Å². The fraction of sp³-hybridized carbons (Fsp3) is 0.588. The predicted octanol–water partition coefficient (Wildman–Crippen LogP) is 2.78. The van der Waals surface area contributed by atoms with Crippen molar-refractivity contribution in [3.63, 3.8) is 0 Å². The number of carbonyl (C=O) groups is 1. The van der Waals surface area contributed by atoms with Crippen LogP contribution in [0.5, 0.6) is 0 Å². The molecule has 1 unspecified atom stereocenters. The number of esters is 1. The normalized spacial score (nSPS) is 33.1. The lowest BCUT2D eigenvalue weighted by molar-refractivity contribution is -0.938. The molecule has 2 fully saturated rings. The maximum atomic E-state index is 12.1. The van der Waals surface area contributed by atoms with Gasteiger partial charge in [0.25, 0.3) is 0 Å². The maximum absolute atomic E-state index is 12.1. The van der Waals surface area contributed by atoms with E-state index in [4.69, 9.17) is 4.74 Å². The fourth-order valence-electron chi connectivity index (χ4n) is 4.18. The lowest BCUT2D eigenvalue weighted by Crippen LogP contribution is -2.48. The summed E-state index contributed by atoms with van der Waals surface area (Å²) in [5.74, 6) is 0.674. The lowest BCUT2D eigenvalue weighted by Gasteiger charge is -2.39. The maximum Gasteiger partial charge on any atom is 0.315 e. The Labute approximate surface area is 121 Å². The summed E-state index contributed by atoms with van der Waals surface area (Å²) >= 11 is 0. The van der Waals surface area contributed by atoms with Crippen molar-refractivity contribution in [2.24, 2.45) is 11.8 Å². The van der Waals surface area contributed by atoms with Crippen molar-refractivity contribution < 1.29 is 14.0 Å². The minimum Gasteiger partial charge on any atom is -0.466 e. The summed E-state index contributed by atoms with van der Waals surface area (Å²) in [7, 11) is 0. The predicted molar refractivity (Wildman–Crippen MR) is 77.9 cm³/mol. The molecule has 1 aromatic rings. The van der Waals surface area contributed by atoms with E-state index in [0.29, 0.717) is 18.6 Å². The first-order chi connectivity index (χ1) is 9.66. The lowest BCUT2D eigenvalue weighted by atomic mass is 9.92. The molecular weight excluding hydrogens is 250 g/mol. The average Bonchev–Trinajstić information content (AvgIpc) is 3.07. The van der Waals surface area contributed by atoms with E-state index in [2.05, 4.69) is 37.3 Å². The molecule has 108 valence electrons. The second-order valence-corrected chi connectivity index (χ2v) is 6.30. The molecule has 0 N–H and O–H groups in total. The smallest absolute Gasteiger partial charge is 0.315 e. The second-order valence-electron chi connectivity index (χ2n) is 6.30. The molecule has 0 radical (unpaired) electrons. The van der Waals surface area contributed by atoms with E-state index < -0.39 is 0 Å². The van der Waals surface area contributed by atoms with Crippen molar-refractivity contribution in [1.82, 2.24) is 0 Å². The van der Waals surface area contributed by atoms with E-state index in [1.807, 2.05) is 6.92 Å². The third-order valence-corrected chi connectivity index (χ3v) is 5.37. The number of ether oxygens (including phenoxy) is 1. The number of rotatable bonds is 4. The Bertz CT molecular complexity index is 487. The van der Waals surface area contributed by atoms with E-state index >= 15 is 0 Å². The summed E-state index contributed by atoms with van der Waals surface area (Å²) in [6.07, 6.45) is 1.17. The Morgan fingerprint density at radius 2 is 2.10 bits per heavy atom. The van der Waals surface area contributed by atoms with Crippen molar-refractivity contribution in [3.8, 4) is 0 Å². The average molecular weight is 274 g/mol. The van der Waals surface area contributed by atoms with Crippen LogP contribution in [0.4, 0.5) is 0 Å². The molecule has 2 saturated heterocycles. The number of nitrogens with zero attached hydrogens (tertiary/aromatic N) is 1. The van der Waals surface area contributed by atoms with Crippen LogP contribution in [0, 0.1) is 11.8 Å². The Morgan fingerprint density at radius 3 is 2.80 bits per heavy atom. The SMILES string of the molecule is CCOC(=O)[C@H]1C[N+]2([C@@H](C)c3ccccc3)CC[C@@H]1C2. The highest BCUT2D eigenvalue weighted by atomic mass is 16.5. The number of benzene rings is 1. The van der Waals surface area contributed by atoms with Crippen LogP contribution in [-0.2, 0) is 9.53 Å². The van der Waals surface area contributed by atoms with Crippen LogP contribution in [0.15, 0.2) is 30.3 Å². The Kier molecular flexibility index (Phi) is 3.55. The zero-order chi connectivity index (χ0) is 14.2.